The smallest absolute Gasteiger partial charge is 0.259 e. The Balaban J connectivity index is 1.49. The van der Waals surface area contributed by atoms with Crippen molar-refractivity contribution >= 4 is 27.7 Å². The van der Waals surface area contributed by atoms with Crippen LogP contribution in [0.5, 0.6) is 0 Å². The average Bonchev–Trinajstić information content (AvgIpc) is 3.13. The summed E-state index contributed by atoms with van der Waals surface area (Å²) in [5.41, 5.74) is 0.384. The number of halogens is 2. The van der Waals surface area contributed by atoms with Crippen LogP contribution in [0.15, 0.2) is 53.0 Å². The van der Waals surface area contributed by atoms with Crippen molar-refractivity contribution in [3.63, 3.8) is 0 Å². The number of rotatable bonds is 3. The minimum absolute atomic E-state index is 0.0293. The summed E-state index contributed by atoms with van der Waals surface area (Å²) in [4.78, 5) is 29.9. The molecule has 0 aliphatic carbocycles. The molecule has 2 aromatic carbocycles. The number of nitrogens with zero attached hydrogens (tertiary/aromatic N) is 2. The molecule has 0 radical (unpaired) electrons. The molecule has 2 saturated heterocycles. The molecule has 7 heteroatoms. The monoisotopic (exact) mass is 474 g/mol. The van der Waals surface area contributed by atoms with Gasteiger partial charge in [-0.1, -0.05) is 28.1 Å². The first kappa shape index (κ1) is 21.0. The van der Waals surface area contributed by atoms with Crippen LogP contribution < -0.4 is 0 Å². The van der Waals surface area contributed by atoms with Gasteiger partial charge in [-0.3, -0.25) is 9.59 Å². The third-order valence-electron chi connectivity index (χ3n) is 5.84. The third kappa shape index (κ3) is 4.14. The molecule has 30 heavy (non-hydrogen) atoms. The molecule has 2 fully saturated rings. The second-order valence-electron chi connectivity index (χ2n) is 7.73. The average molecular weight is 475 g/mol. The highest BCUT2D eigenvalue weighted by Crippen LogP contribution is 2.38. The van der Waals surface area contributed by atoms with E-state index in [0.717, 1.165) is 16.5 Å². The standard InChI is InChI=1S/C23H24BrFN2O3/c24-19-7-5-18(6-8-19)23(11-1-16-30-23)22(29)27-13-2-12-26(14-15-27)21(28)17-3-9-20(25)10-4-17/h3-10H,1-2,11-16H2. The lowest BCUT2D eigenvalue weighted by Crippen LogP contribution is -2.48. The van der Waals surface area contributed by atoms with Crippen molar-refractivity contribution in [2.24, 2.45) is 0 Å². The molecule has 2 aliphatic heterocycles. The van der Waals surface area contributed by atoms with E-state index in [1.807, 2.05) is 29.2 Å². The van der Waals surface area contributed by atoms with Crippen LogP contribution in [0.1, 0.15) is 35.2 Å². The fourth-order valence-corrected chi connectivity index (χ4v) is 4.50. The summed E-state index contributed by atoms with van der Waals surface area (Å²) >= 11 is 3.44. The van der Waals surface area contributed by atoms with Crippen molar-refractivity contribution in [2.45, 2.75) is 24.9 Å². The van der Waals surface area contributed by atoms with Gasteiger partial charge in [0.15, 0.2) is 5.60 Å². The first-order chi connectivity index (χ1) is 14.5. The fourth-order valence-electron chi connectivity index (χ4n) is 4.23. The number of carbonyl (C=O) groups excluding carboxylic acids is 2. The van der Waals surface area contributed by atoms with Crippen molar-refractivity contribution in [1.82, 2.24) is 9.80 Å². The Bertz CT molecular complexity index is 911. The Morgan fingerprint density at radius 3 is 2.23 bits per heavy atom. The molecule has 0 spiro atoms. The molecule has 2 heterocycles. The SMILES string of the molecule is O=C(c1ccc(F)cc1)N1CCCN(C(=O)C2(c3ccc(Br)cc3)CCCO2)CC1. The highest BCUT2D eigenvalue weighted by atomic mass is 79.9. The Morgan fingerprint density at radius 1 is 0.900 bits per heavy atom. The Labute approximate surface area is 183 Å². The van der Waals surface area contributed by atoms with E-state index < -0.39 is 5.60 Å². The lowest BCUT2D eigenvalue weighted by atomic mass is 9.89. The van der Waals surface area contributed by atoms with Crippen molar-refractivity contribution in [2.75, 3.05) is 32.8 Å². The lowest BCUT2D eigenvalue weighted by molar-refractivity contribution is -0.154. The van der Waals surface area contributed by atoms with Crippen LogP contribution in [0, 0.1) is 5.82 Å². The normalized spacial score (nSPS) is 22.1. The number of hydrogen-bond donors (Lipinski definition) is 0. The number of benzene rings is 2. The van der Waals surface area contributed by atoms with Gasteiger partial charge in [0, 0.05) is 42.8 Å². The molecule has 2 aromatic rings. The van der Waals surface area contributed by atoms with Gasteiger partial charge < -0.3 is 14.5 Å². The van der Waals surface area contributed by atoms with Crippen LogP contribution in [-0.2, 0) is 15.1 Å². The summed E-state index contributed by atoms with van der Waals surface area (Å²) < 4.78 is 20.2. The predicted molar refractivity (Wildman–Crippen MR) is 115 cm³/mol. The summed E-state index contributed by atoms with van der Waals surface area (Å²) in [6.07, 6.45) is 2.18. The van der Waals surface area contributed by atoms with Gasteiger partial charge in [-0.25, -0.2) is 4.39 Å². The molecule has 0 bridgehead atoms. The van der Waals surface area contributed by atoms with Crippen LogP contribution in [0.4, 0.5) is 4.39 Å². The topological polar surface area (TPSA) is 49.9 Å². The summed E-state index contributed by atoms with van der Waals surface area (Å²) in [6, 6.07) is 13.3. The molecule has 158 valence electrons. The van der Waals surface area contributed by atoms with E-state index in [1.165, 1.54) is 24.3 Å². The van der Waals surface area contributed by atoms with Gasteiger partial charge in [-0.05, 0) is 61.2 Å². The highest BCUT2D eigenvalue weighted by Gasteiger charge is 2.46. The molecular weight excluding hydrogens is 451 g/mol. The molecule has 0 N–H and O–H groups in total. The van der Waals surface area contributed by atoms with Gasteiger partial charge in [0.05, 0.1) is 0 Å². The van der Waals surface area contributed by atoms with Crippen molar-refractivity contribution in [1.29, 1.82) is 0 Å². The zero-order chi connectivity index (χ0) is 21.1. The number of hydrogen-bond acceptors (Lipinski definition) is 3. The molecule has 1 atom stereocenters. The van der Waals surface area contributed by atoms with Crippen molar-refractivity contribution < 1.29 is 18.7 Å². The number of amides is 2. The second kappa shape index (κ2) is 8.86. The Hall–Kier alpha value is -2.25. The molecule has 0 saturated carbocycles. The third-order valence-corrected chi connectivity index (χ3v) is 6.37. The van der Waals surface area contributed by atoms with Gasteiger partial charge >= 0.3 is 0 Å². The van der Waals surface area contributed by atoms with E-state index >= 15 is 0 Å². The van der Waals surface area contributed by atoms with Crippen LogP contribution in [0.25, 0.3) is 0 Å². The summed E-state index contributed by atoms with van der Waals surface area (Å²) in [6.45, 7) is 2.59. The molecular formula is C23H24BrFN2O3. The summed E-state index contributed by atoms with van der Waals surface area (Å²) in [5, 5.41) is 0. The molecule has 5 nitrogen and oxygen atoms in total. The maximum Gasteiger partial charge on any atom is 0.259 e. The Morgan fingerprint density at radius 2 is 1.57 bits per heavy atom. The van der Waals surface area contributed by atoms with E-state index in [0.29, 0.717) is 51.2 Å². The van der Waals surface area contributed by atoms with E-state index in [1.54, 1.807) is 4.90 Å². The van der Waals surface area contributed by atoms with Crippen LogP contribution in [0.2, 0.25) is 0 Å². The highest BCUT2D eigenvalue weighted by molar-refractivity contribution is 9.10. The predicted octanol–water partition coefficient (Wildman–Crippen LogP) is 3.97. The minimum atomic E-state index is -0.948. The lowest BCUT2D eigenvalue weighted by Gasteiger charge is -2.33. The van der Waals surface area contributed by atoms with Crippen LogP contribution >= 0.6 is 15.9 Å². The van der Waals surface area contributed by atoms with E-state index in [2.05, 4.69) is 15.9 Å². The number of carbonyl (C=O) groups is 2. The number of ether oxygens (including phenoxy) is 1. The first-order valence-corrected chi connectivity index (χ1v) is 11.0. The Kier molecular flexibility index (Phi) is 6.20. The van der Waals surface area contributed by atoms with Gasteiger partial charge in [-0.15, -0.1) is 0 Å². The minimum Gasteiger partial charge on any atom is -0.360 e. The molecule has 1 unspecified atom stereocenters. The molecule has 2 amide bonds. The van der Waals surface area contributed by atoms with Crippen LogP contribution in [-0.4, -0.2) is 54.4 Å². The zero-order valence-electron chi connectivity index (χ0n) is 16.7. The second-order valence-corrected chi connectivity index (χ2v) is 8.65. The first-order valence-electron chi connectivity index (χ1n) is 10.2. The maximum atomic E-state index is 13.6. The quantitative estimate of drug-likeness (QED) is 0.676. The molecule has 2 aliphatic rings. The van der Waals surface area contributed by atoms with Gasteiger partial charge in [-0.2, -0.15) is 0 Å². The summed E-state index contributed by atoms with van der Waals surface area (Å²) in [7, 11) is 0. The molecule has 4 rings (SSSR count). The maximum absolute atomic E-state index is 13.6. The van der Waals surface area contributed by atoms with Crippen molar-refractivity contribution in [3.05, 3.63) is 69.9 Å². The van der Waals surface area contributed by atoms with E-state index in [-0.39, 0.29) is 17.6 Å². The van der Waals surface area contributed by atoms with E-state index in [4.69, 9.17) is 4.74 Å². The van der Waals surface area contributed by atoms with Crippen LogP contribution in [0.3, 0.4) is 0 Å². The molecule has 0 aromatic heterocycles. The largest absolute Gasteiger partial charge is 0.360 e. The fraction of sp³-hybridized carbons (Fsp3) is 0.391. The summed E-state index contributed by atoms with van der Waals surface area (Å²) in [5.74, 6) is -0.531. The van der Waals surface area contributed by atoms with Gasteiger partial charge in [0.1, 0.15) is 5.82 Å². The van der Waals surface area contributed by atoms with Crippen molar-refractivity contribution in [3.8, 4) is 0 Å². The van der Waals surface area contributed by atoms with E-state index in [9.17, 15) is 14.0 Å². The van der Waals surface area contributed by atoms with Gasteiger partial charge in [0.25, 0.3) is 11.8 Å². The zero-order valence-corrected chi connectivity index (χ0v) is 18.2. The van der Waals surface area contributed by atoms with Gasteiger partial charge in [0.2, 0.25) is 0 Å².